The van der Waals surface area contributed by atoms with E-state index in [0.29, 0.717) is 19.1 Å². The zero-order chi connectivity index (χ0) is 16.5. The lowest BCUT2D eigenvalue weighted by atomic mass is 10.2. The summed E-state index contributed by atoms with van der Waals surface area (Å²) < 4.78 is 5.86. The molecule has 0 fully saturated rings. The van der Waals surface area contributed by atoms with E-state index in [0.717, 1.165) is 16.7 Å². The third-order valence-corrected chi connectivity index (χ3v) is 3.41. The topological polar surface area (TPSA) is 30.8 Å². The number of oxime groups is 1. The van der Waals surface area contributed by atoms with Crippen LogP contribution < -0.4 is 0 Å². The number of benzene rings is 3. The molecule has 0 atom stereocenters. The molecule has 3 rings (SSSR count). The summed E-state index contributed by atoms with van der Waals surface area (Å²) in [6.07, 6.45) is 0. The standard InChI is InChI=1S/C21H18NO2/c1-4-10-18(11-5-1)16-23-21(20-14-8-3-9-15-20)22-24-17-19-12-6-2-7-13-19/h1-2,4-15H,16-17H2. The fourth-order valence-electron chi connectivity index (χ4n) is 2.16. The lowest BCUT2D eigenvalue weighted by molar-refractivity contribution is 0.118. The molecule has 0 unspecified atom stereocenters. The van der Waals surface area contributed by atoms with Gasteiger partial charge in [-0.05, 0) is 34.5 Å². The first-order valence-electron chi connectivity index (χ1n) is 7.79. The monoisotopic (exact) mass is 316 g/mol. The second-order valence-electron chi connectivity index (χ2n) is 5.22. The molecule has 3 heteroatoms. The van der Waals surface area contributed by atoms with Crippen molar-refractivity contribution < 1.29 is 9.57 Å². The summed E-state index contributed by atoms with van der Waals surface area (Å²) in [6, 6.07) is 30.3. The van der Waals surface area contributed by atoms with Crippen molar-refractivity contribution in [1.82, 2.24) is 0 Å². The van der Waals surface area contributed by atoms with Crippen molar-refractivity contribution in [2.75, 3.05) is 0 Å². The predicted molar refractivity (Wildman–Crippen MR) is 94.3 cm³/mol. The third-order valence-electron chi connectivity index (χ3n) is 3.41. The lowest BCUT2D eigenvalue weighted by Gasteiger charge is -2.09. The van der Waals surface area contributed by atoms with E-state index in [1.165, 1.54) is 0 Å². The molecule has 0 aromatic heterocycles. The fraction of sp³-hybridized carbons (Fsp3) is 0.0952. The van der Waals surface area contributed by atoms with Crippen molar-refractivity contribution >= 4 is 5.90 Å². The Morgan fingerprint density at radius 2 is 1.33 bits per heavy atom. The van der Waals surface area contributed by atoms with Crippen molar-refractivity contribution in [1.29, 1.82) is 0 Å². The SMILES string of the molecule is [c]1ccc(C(=NOCc2ccccc2)OCc2ccccc2)cc1. The van der Waals surface area contributed by atoms with Gasteiger partial charge in [0.1, 0.15) is 13.2 Å². The smallest absolute Gasteiger partial charge is 0.257 e. The van der Waals surface area contributed by atoms with E-state index in [4.69, 9.17) is 9.57 Å². The van der Waals surface area contributed by atoms with E-state index >= 15 is 0 Å². The average molecular weight is 316 g/mol. The normalized spacial score (nSPS) is 11.1. The molecule has 0 N–H and O–H groups in total. The van der Waals surface area contributed by atoms with Crippen LogP contribution in [0.3, 0.4) is 0 Å². The Balaban J connectivity index is 1.68. The van der Waals surface area contributed by atoms with Crippen molar-refractivity contribution in [2.24, 2.45) is 5.16 Å². The Kier molecular flexibility index (Phi) is 5.62. The molecule has 24 heavy (non-hydrogen) atoms. The lowest BCUT2D eigenvalue weighted by Crippen LogP contribution is -2.08. The van der Waals surface area contributed by atoms with Crippen LogP contribution in [-0.2, 0) is 22.8 Å². The summed E-state index contributed by atoms with van der Waals surface area (Å²) in [4.78, 5) is 5.48. The first-order chi connectivity index (χ1) is 11.9. The van der Waals surface area contributed by atoms with Gasteiger partial charge in [0.2, 0.25) is 0 Å². The number of hydrogen-bond donors (Lipinski definition) is 0. The molecule has 0 saturated heterocycles. The van der Waals surface area contributed by atoms with Gasteiger partial charge in [0.05, 0.1) is 0 Å². The van der Waals surface area contributed by atoms with Crippen LogP contribution in [0, 0.1) is 6.07 Å². The largest absolute Gasteiger partial charge is 0.470 e. The summed E-state index contributed by atoms with van der Waals surface area (Å²) in [5.41, 5.74) is 3.00. The summed E-state index contributed by atoms with van der Waals surface area (Å²) in [5.74, 6) is 0.462. The van der Waals surface area contributed by atoms with E-state index in [-0.39, 0.29) is 0 Å². The van der Waals surface area contributed by atoms with E-state index in [9.17, 15) is 0 Å². The van der Waals surface area contributed by atoms with E-state index < -0.39 is 0 Å². The second kappa shape index (κ2) is 8.53. The average Bonchev–Trinajstić information content (AvgIpc) is 2.67. The molecule has 0 heterocycles. The van der Waals surface area contributed by atoms with E-state index in [2.05, 4.69) is 11.2 Å². The van der Waals surface area contributed by atoms with Gasteiger partial charge in [0.25, 0.3) is 5.90 Å². The maximum atomic E-state index is 5.86. The maximum Gasteiger partial charge on any atom is 0.257 e. The number of rotatable bonds is 6. The number of ether oxygens (including phenoxy) is 1. The molecule has 0 bridgehead atoms. The van der Waals surface area contributed by atoms with Crippen LogP contribution in [0.5, 0.6) is 0 Å². The van der Waals surface area contributed by atoms with Crippen LogP contribution in [0.15, 0.2) is 90.1 Å². The molecule has 0 saturated carbocycles. The van der Waals surface area contributed by atoms with Crippen LogP contribution in [0.25, 0.3) is 0 Å². The molecular formula is C21H18NO2. The first kappa shape index (κ1) is 15.8. The molecule has 1 radical (unpaired) electrons. The Bertz CT molecular complexity index is 756. The minimum Gasteiger partial charge on any atom is -0.470 e. The minimum atomic E-state index is 0.401. The molecule has 0 aliphatic heterocycles. The van der Waals surface area contributed by atoms with Gasteiger partial charge in [-0.15, -0.1) is 0 Å². The van der Waals surface area contributed by atoms with Gasteiger partial charge < -0.3 is 9.57 Å². The molecule has 0 aliphatic rings. The van der Waals surface area contributed by atoms with Crippen LogP contribution in [0.2, 0.25) is 0 Å². The van der Waals surface area contributed by atoms with Crippen LogP contribution in [0.1, 0.15) is 16.7 Å². The van der Waals surface area contributed by atoms with Crippen molar-refractivity contribution in [2.45, 2.75) is 13.2 Å². The molecule has 3 aromatic carbocycles. The molecule has 0 amide bonds. The molecule has 0 aliphatic carbocycles. The van der Waals surface area contributed by atoms with Crippen LogP contribution in [-0.4, -0.2) is 5.90 Å². The van der Waals surface area contributed by atoms with Crippen molar-refractivity contribution in [3.8, 4) is 0 Å². The Morgan fingerprint density at radius 3 is 1.96 bits per heavy atom. The van der Waals surface area contributed by atoms with Crippen LogP contribution >= 0.6 is 0 Å². The van der Waals surface area contributed by atoms with E-state index in [1.54, 1.807) is 0 Å². The van der Waals surface area contributed by atoms with Crippen LogP contribution in [0.4, 0.5) is 0 Å². The Morgan fingerprint density at radius 1 is 0.750 bits per heavy atom. The summed E-state index contributed by atoms with van der Waals surface area (Å²) in [7, 11) is 0. The Hall–Kier alpha value is -3.07. The molecule has 0 spiro atoms. The fourth-order valence-corrected chi connectivity index (χ4v) is 2.16. The number of nitrogens with zero attached hydrogens (tertiary/aromatic N) is 1. The summed E-state index contributed by atoms with van der Waals surface area (Å²) >= 11 is 0. The molecular weight excluding hydrogens is 298 g/mol. The highest BCUT2D eigenvalue weighted by atomic mass is 16.6. The predicted octanol–water partition coefficient (Wildman–Crippen LogP) is 4.58. The quantitative estimate of drug-likeness (QED) is 0.378. The van der Waals surface area contributed by atoms with Gasteiger partial charge in [0, 0.05) is 5.56 Å². The molecule has 3 aromatic rings. The van der Waals surface area contributed by atoms with Gasteiger partial charge in [0.15, 0.2) is 0 Å². The zero-order valence-electron chi connectivity index (χ0n) is 13.3. The highest BCUT2D eigenvalue weighted by Crippen LogP contribution is 2.09. The number of hydrogen-bond acceptors (Lipinski definition) is 3. The summed E-state index contributed by atoms with van der Waals surface area (Å²) in [6.45, 7) is 0.838. The van der Waals surface area contributed by atoms with Crippen molar-refractivity contribution in [3.05, 3.63) is 108 Å². The molecule has 3 nitrogen and oxygen atoms in total. The van der Waals surface area contributed by atoms with E-state index in [1.807, 2.05) is 84.9 Å². The Labute approximate surface area is 142 Å². The highest BCUT2D eigenvalue weighted by Gasteiger charge is 2.06. The maximum absolute atomic E-state index is 5.86. The van der Waals surface area contributed by atoms with Gasteiger partial charge in [-0.2, -0.15) is 0 Å². The second-order valence-corrected chi connectivity index (χ2v) is 5.22. The highest BCUT2D eigenvalue weighted by molar-refractivity contribution is 5.93. The zero-order valence-corrected chi connectivity index (χ0v) is 13.3. The minimum absolute atomic E-state index is 0.401. The summed E-state index contributed by atoms with van der Waals surface area (Å²) in [5, 5.41) is 4.18. The van der Waals surface area contributed by atoms with Gasteiger partial charge >= 0.3 is 0 Å². The first-order valence-corrected chi connectivity index (χ1v) is 7.79. The third kappa shape index (κ3) is 4.71. The van der Waals surface area contributed by atoms with Gasteiger partial charge in [-0.3, -0.25) is 0 Å². The van der Waals surface area contributed by atoms with Crippen molar-refractivity contribution in [3.63, 3.8) is 0 Å². The van der Waals surface area contributed by atoms with Gasteiger partial charge in [-0.25, -0.2) is 0 Å². The molecule has 119 valence electrons. The van der Waals surface area contributed by atoms with Gasteiger partial charge in [-0.1, -0.05) is 72.8 Å².